The minimum Gasteiger partial charge on any atom is -0.351 e. The number of rotatable bonds is 5. The Morgan fingerprint density at radius 1 is 1.08 bits per heavy atom. The lowest BCUT2D eigenvalue weighted by Crippen LogP contribution is -2.40. The van der Waals surface area contributed by atoms with Crippen LogP contribution < -0.4 is 10.6 Å². The van der Waals surface area contributed by atoms with Gasteiger partial charge in [-0.2, -0.15) is 0 Å². The quantitative estimate of drug-likeness (QED) is 0.827. The van der Waals surface area contributed by atoms with Crippen molar-refractivity contribution in [2.24, 2.45) is 5.41 Å². The molecular formula is C17H15F2N3O2. The van der Waals surface area contributed by atoms with Crippen LogP contribution in [0.5, 0.6) is 0 Å². The van der Waals surface area contributed by atoms with Crippen molar-refractivity contribution in [1.29, 1.82) is 0 Å². The lowest BCUT2D eigenvalue weighted by molar-refractivity contribution is -0.134. The topological polar surface area (TPSA) is 71.1 Å². The standard InChI is InChI=1S/C17H15F2N3O2/c18-12-4-1-5-13(19)14(12)22-16(24)17(6-7-17)15(23)21-10-11-3-2-8-20-9-11/h1-5,8-9H,6-7,10H2,(H,21,23)(H,22,24). The normalized spacial score (nSPS) is 14.8. The first kappa shape index (κ1) is 16.0. The molecule has 0 atom stereocenters. The van der Waals surface area contributed by atoms with E-state index in [1.54, 1.807) is 24.5 Å². The van der Waals surface area contributed by atoms with E-state index in [1.807, 2.05) is 0 Å². The molecule has 2 amide bonds. The lowest BCUT2D eigenvalue weighted by Gasteiger charge is -2.16. The summed E-state index contributed by atoms with van der Waals surface area (Å²) in [6.07, 6.45) is 3.90. The first-order valence-electron chi connectivity index (χ1n) is 7.45. The Morgan fingerprint density at radius 2 is 1.79 bits per heavy atom. The van der Waals surface area contributed by atoms with Gasteiger partial charge in [-0.3, -0.25) is 14.6 Å². The van der Waals surface area contributed by atoms with Gasteiger partial charge < -0.3 is 10.6 Å². The maximum atomic E-state index is 13.6. The molecule has 1 saturated carbocycles. The van der Waals surface area contributed by atoms with Crippen molar-refractivity contribution in [3.05, 3.63) is 59.9 Å². The van der Waals surface area contributed by atoms with Crippen molar-refractivity contribution in [1.82, 2.24) is 10.3 Å². The molecule has 0 aliphatic heterocycles. The number of nitrogens with one attached hydrogen (secondary N) is 2. The van der Waals surface area contributed by atoms with E-state index in [-0.39, 0.29) is 6.54 Å². The number of benzene rings is 1. The smallest absolute Gasteiger partial charge is 0.240 e. The number of hydrogen-bond donors (Lipinski definition) is 2. The zero-order valence-electron chi connectivity index (χ0n) is 12.7. The van der Waals surface area contributed by atoms with Gasteiger partial charge in [-0.25, -0.2) is 8.78 Å². The number of carbonyl (C=O) groups excluding carboxylic acids is 2. The van der Waals surface area contributed by atoms with Crippen molar-refractivity contribution in [2.75, 3.05) is 5.32 Å². The molecule has 0 bridgehead atoms. The predicted molar refractivity (Wildman–Crippen MR) is 82.7 cm³/mol. The van der Waals surface area contributed by atoms with Crippen LogP contribution in [0.1, 0.15) is 18.4 Å². The molecule has 1 aliphatic carbocycles. The summed E-state index contributed by atoms with van der Waals surface area (Å²) in [7, 11) is 0. The van der Waals surface area contributed by atoms with Crippen LogP contribution in [-0.4, -0.2) is 16.8 Å². The maximum absolute atomic E-state index is 13.6. The van der Waals surface area contributed by atoms with Crippen LogP contribution >= 0.6 is 0 Å². The molecule has 1 aromatic heterocycles. The molecule has 5 nitrogen and oxygen atoms in total. The average molecular weight is 331 g/mol. The lowest BCUT2D eigenvalue weighted by atomic mass is 10.0. The second-order valence-electron chi connectivity index (χ2n) is 5.68. The zero-order valence-corrected chi connectivity index (χ0v) is 12.7. The van der Waals surface area contributed by atoms with E-state index in [9.17, 15) is 18.4 Å². The number of para-hydroxylation sites is 1. The summed E-state index contributed by atoms with van der Waals surface area (Å²) in [4.78, 5) is 28.6. The largest absolute Gasteiger partial charge is 0.351 e. The van der Waals surface area contributed by atoms with E-state index in [0.29, 0.717) is 12.8 Å². The molecule has 24 heavy (non-hydrogen) atoms. The second kappa shape index (κ2) is 6.35. The van der Waals surface area contributed by atoms with Crippen molar-refractivity contribution < 1.29 is 18.4 Å². The van der Waals surface area contributed by atoms with Crippen LogP contribution in [0.3, 0.4) is 0 Å². The van der Waals surface area contributed by atoms with Crippen molar-refractivity contribution in [3.63, 3.8) is 0 Å². The summed E-state index contributed by atoms with van der Waals surface area (Å²) in [5.74, 6) is -2.92. The Kier molecular flexibility index (Phi) is 4.24. The van der Waals surface area contributed by atoms with Gasteiger partial charge in [0.2, 0.25) is 11.8 Å². The summed E-state index contributed by atoms with van der Waals surface area (Å²) in [6, 6.07) is 6.82. The number of carbonyl (C=O) groups is 2. The molecule has 2 N–H and O–H groups in total. The van der Waals surface area contributed by atoms with E-state index >= 15 is 0 Å². The Bertz CT molecular complexity index is 756. The number of halogens is 2. The summed E-state index contributed by atoms with van der Waals surface area (Å²) >= 11 is 0. The fourth-order valence-electron chi connectivity index (χ4n) is 2.39. The molecule has 124 valence electrons. The van der Waals surface area contributed by atoms with E-state index in [0.717, 1.165) is 17.7 Å². The number of nitrogens with zero attached hydrogens (tertiary/aromatic N) is 1. The molecule has 1 aromatic carbocycles. The minimum absolute atomic E-state index is 0.232. The number of anilines is 1. The third-order valence-electron chi connectivity index (χ3n) is 4.00. The molecule has 1 fully saturated rings. The second-order valence-corrected chi connectivity index (χ2v) is 5.68. The molecular weight excluding hydrogens is 316 g/mol. The number of pyridine rings is 1. The number of aromatic nitrogens is 1. The van der Waals surface area contributed by atoms with Crippen LogP contribution in [-0.2, 0) is 16.1 Å². The highest BCUT2D eigenvalue weighted by molar-refractivity contribution is 6.13. The zero-order chi connectivity index (χ0) is 17.2. The van der Waals surface area contributed by atoms with Gasteiger partial charge in [-0.1, -0.05) is 12.1 Å². The van der Waals surface area contributed by atoms with Gasteiger partial charge >= 0.3 is 0 Å². The molecule has 0 unspecified atom stereocenters. The highest BCUT2D eigenvalue weighted by Gasteiger charge is 2.56. The van der Waals surface area contributed by atoms with Crippen molar-refractivity contribution in [2.45, 2.75) is 19.4 Å². The molecule has 7 heteroatoms. The molecule has 3 rings (SSSR count). The van der Waals surface area contributed by atoms with Crippen LogP contribution in [0, 0.1) is 17.0 Å². The van der Waals surface area contributed by atoms with Gasteiger partial charge in [0, 0.05) is 18.9 Å². The predicted octanol–water partition coefficient (Wildman–Crippen LogP) is 2.39. The van der Waals surface area contributed by atoms with Gasteiger partial charge in [-0.15, -0.1) is 0 Å². The highest BCUT2D eigenvalue weighted by Crippen LogP contribution is 2.47. The van der Waals surface area contributed by atoms with Gasteiger partial charge in [0.1, 0.15) is 22.7 Å². The molecule has 0 radical (unpaired) electrons. The van der Waals surface area contributed by atoms with Crippen molar-refractivity contribution >= 4 is 17.5 Å². The summed E-state index contributed by atoms with van der Waals surface area (Å²) < 4.78 is 27.3. The van der Waals surface area contributed by atoms with Gasteiger partial charge in [0.05, 0.1) is 0 Å². The Labute approximate surface area is 137 Å². The fraction of sp³-hybridized carbons (Fsp3) is 0.235. The summed E-state index contributed by atoms with van der Waals surface area (Å²) in [5, 5.41) is 4.87. The summed E-state index contributed by atoms with van der Waals surface area (Å²) in [5.41, 5.74) is -1.01. The van der Waals surface area contributed by atoms with Crippen LogP contribution in [0.2, 0.25) is 0 Å². The molecule has 2 aromatic rings. The third kappa shape index (κ3) is 3.10. The van der Waals surface area contributed by atoms with Crippen LogP contribution in [0.4, 0.5) is 14.5 Å². The Balaban J connectivity index is 1.67. The molecule has 0 spiro atoms. The van der Waals surface area contributed by atoms with Gasteiger partial charge in [-0.05, 0) is 36.6 Å². The van der Waals surface area contributed by atoms with E-state index < -0.39 is 34.6 Å². The fourth-order valence-corrected chi connectivity index (χ4v) is 2.39. The number of hydrogen-bond acceptors (Lipinski definition) is 3. The monoisotopic (exact) mass is 331 g/mol. The van der Waals surface area contributed by atoms with Gasteiger partial charge in [0.25, 0.3) is 0 Å². The molecule has 1 aliphatic rings. The van der Waals surface area contributed by atoms with E-state index in [4.69, 9.17) is 0 Å². The van der Waals surface area contributed by atoms with Gasteiger partial charge in [0.15, 0.2) is 0 Å². The molecule has 0 saturated heterocycles. The highest BCUT2D eigenvalue weighted by atomic mass is 19.1. The maximum Gasteiger partial charge on any atom is 0.240 e. The van der Waals surface area contributed by atoms with Crippen LogP contribution in [0.25, 0.3) is 0 Å². The van der Waals surface area contributed by atoms with Crippen molar-refractivity contribution in [3.8, 4) is 0 Å². The van der Waals surface area contributed by atoms with Crippen LogP contribution in [0.15, 0.2) is 42.7 Å². The number of amides is 2. The third-order valence-corrected chi connectivity index (χ3v) is 4.00. The average Bonchev–Trinajstić information content (AvgIpc) is 3.39. The SMILES string of the molecule is O=C(NCc1cccnc1)C1(C(=O)Nc2c(F)cccc2F)CC1. The minimum atomic E-state index is -1.27. The summed E-state index contributed by atoms with van der Waals surface area (Å²) in [6.45, 7) is 0.232. The Hall–Kier alpha value is -2.83. The molecule has 1 heterocycles. The van der Waals surface area contributed by atoms with E-state index in [1.165, 1.54) is 6.07 Å². The van der Waals surface area contributed by atoms with E-state index in [2.05, 4.69) is 15.6 Å². The first-order valence-corrected chi connectivity index (χ1v) is 7.45. The first-order chi connectivity index (χ1) is 11.5. The Morgan fingerprint density at radius 3 is 2.38 bits per heavy atom.